The van der Waals surface area contributed by atoms with Crippen LogP contribution in [0.25, 0.3) is 10.9 Å². The van der Waals surface area contributed by atoms with Gasteiger partial charge in [0.25, 0.3) is 0 Å². The highest BCUT2D eigenvalue weighted by molar-refractivity contribution is 7.94. The first-order chi connectivity index (χ1) is 13.4. The highest BCUT2D eigenvalue weighted by atomic mass is 32.2. The summed E-state index contributed by atoms with van der Waals surface area (Å²) >= 11 is 0. The standard InChI is InChI=1S/C20H18N2O4S2/c23-27(24)13-11-18(15-27)22(14-16-6-2-1-3-7-16)28(25,26)19-10-4-8-17-9-5-12-21-20(17)19/h1-13,18H,14-15H2/t18-/m0/s1. The second kappa shape index (κ2) is 7.12. The lowest BCUT2D eigenvalue weighted by atomic mass is 10.2. The molecule has 144 valence electrons. The van der Waals surface area contributed by atoms with E-state index in [1.54, 1.807) is 30.5 Å². The minimum Gasteiger partial charge on any atom is -0.255 e. The number of aromatic nitrogens is 1. The van der Waals surface area contributed by atoms with Gasteiger partial charge in [-0.3, -0.25) is 4.98 Å². The molecule has 0 unspecified atom stereocenters. The Bertz CT molecular complexity index is 1250. The summed E-state index contributed by atoms with van der Waals surface area (Å²) < 4.78 is 52.4. The first kappa shape index (κ1) is 18.8. The van der Waals surface area contributed by atoms with E-state index in [0.717, 1.165) is 11.0 Å². The Kier molecular flexibility index (Phi) is 4.78. The van der Waals surface area contributed by atoms with Gasteiger partial charge < -0.3 is 0 Å². The molecule has 0 spiro atoms. The van der Waals surface area contributed by atoms with Crippen molar-refractivity contribution >= 4 is 30.8 Å². The lowest BCUT2D eigenvalue weighted by Gasteiger charge is -2.27. The van der Waals surface area contributed by atoms with Crippen molar-refractivity contribution < 1.29 is 16.8 Å². The Morgan fingerprint density at radius 3 is 2.46 bits per heavy atom. The van der Waals surface area contributed by atoms with Gasteiger partial charge in [0.1, 0.15) is 4.90 Å². The fourth-order valence-electron chi connectivity index (χ4n) is 3.29. The number of rotatable bonds is 5. The van der Waals surface area contributed by atoms with Gasteiger partial charge in [0.2, 0.25) is 10.0 Å². The molecule has 4 rings (SSSR count). The molecule has 0 saturated carbocycles. The van der Waals surface area contributed by atoms with Crippen LogP contribution in [0.1, 0.15) is 5.56 Å². The number of hydrogen-bond acceptors (Lipinski definition) is 5. The molecular formula is C20H18N2O4S2. The predicted molar refractivity (Wildman–Crippen MR) is 108 cm³/mol. The number of sulfone groups is 1. The second-order valence-electron chi connectivity index (χ2n) is 6.59. The normalized spacial score (nSPS) is 18.7. The molecule has 3 aromatic rings. The highest BCUT2D eigenvalue weighted by Crippen LogP contribution is 2.29. The van der Waals surface area contributed by atoms with Gasteiger partial charge in [-0.2, -0.15) is 4.31 Å². The van der Waals surface area contributed by atoms with Crippen molar-refractivity contribution in [2.75, 3.05) is 5.75 Å². The summed E-state index contributed by atoms with van der Waals surface area (Å²) in [5, 5.41) is 1.80. The van der Waals surface area contributed by atoms with Gasteiger partial charge in [0, 0.05) is 23.5 Å². The predicted octanol–water partition coefficient (Wildman–Crippen LogP) is 2.74. The Hall–Kier alpha value is -2.55. The zero-order valence-electron chi connectivity index (χ0n) is 14.8. The molecule has 1 aromatic heterocycles. The van der Waals surface area contributed by atoms with Gasteiger partial charge in [0.05, 0.1) is 17.3 Å². The number of nitrogens with zero attached hydrogens (tertiary/aromatic N) is 2. The molecular weight excluding hydrogens is 396 g/mol. The van der Waals surface area contributed by atoms with Crippen molar-refractivity contribution in [3.8, 4) is 0 Å². The maximum Gasteiger partial charge on any atom is 0.246 e. The summed E-state index contributed by atoms with van der Waals surface area (Å²) in [5.41, 5.74) is 1.14. The summed E-state index contributed by atoms with van der Waals surface area (Å²) in [6, 6.07) is 16.9. The molecule has 2 aromatic carbocycles. The van der Waals surface area contributed by atoms with Gasteiger partial charge in [-0.15, -0.1) is 0 Å². The fourth-order valence-corrected chi connectivity index (χ4v) is 6.42. The Morgan fingerprint density at radius 2 is 1.75 bits per heavy atom. The molecule has 1 atom stereocenters. The Labute approximate surface area is 164 Å². The third-order valence-corrected chi connectivity index (χ3v) is 7.93. The number of hydrogen-bond donors (Lipinski definition) is 0. The van der Waals surface area contributed by atoms with Crippen LogP contribution < -0.4 is 0 Å². The van der Waals surface area contributed by atoms with Gasteiger partial charge in [-0.05, 0) is 17.7 Å². The molecule has 0 saturated heterocycles. The molecule has 0 fully saturated rings. The Balaban J connectivity index is 1.84. The minimum absolute atomic E-state index is 0.0664. The molecule has 0 aliphatic carbocycles. The smallest absolute Gasteiger partial charge is 0.246 e. The number of pyridine rings is 1. The zero-order chi connectivity index (χ0) is 19.8. The quantitative estimate of drug-likeness (QED) is 0.641. The van der Waals surface area contributed by atoms with E-state index >= 15 is 0 Å². The van der Waals surface area contributed by atoms with Crippen LogP contribution in [0.3, 0.4) is 0 Å². The number of fused-ring (bicyclic) bond motifs is 1. The van der Waals surface area contributed by atoms with Crippen LogP contribution in [0.5, 0.6) is 0 Å². The topological polar surface area (TPSA) is 84.4 Å². The van der Waals surface area contributed by atoms with E-state index in [1.807, 2.05) is 30.3 Å². The molecule has 1 aliphatic rings. The van der Waals surface area contributed by atoms with E-state index in [0.29, 0.717) is 10.9 Å². The summed E-state index contributed by atoms with van der Waals surface area (Å²) in [5.74, 6) is -0.267. The van der Waals surface area contributed by atoms with Crippen molar-refractivity contribution in [3.05, 3.63) is 83.9 Å². The summed E-state index contributed by atoms with van der Waals surface area (Å²) in [6.45, 7) is 0.0664. The molecule has 0 amide bonds. The number of sulfonamides is 1. The third kappa shape index (κ3) is 3.58. The average molecular weight is 415 g/mol. The minimum atomic E-state index is -4.00. The molecule has 0 N–H and O–H groups in total. The summed E-state index contributed by atoms with van der Waals surface area (Å²) in [7, 11) is -7.42. The van der Waals surface area contributed by atoms with Gasteiger partial charge >= 0.3 is 0 Å². The van der Waals surface area contributed by atoms with Gasteiger partial charge in [-0.1, -0.05) is 54.6 Å². The second-order valence-corrected chi connectivity index (χ2v) is 10.4. The molecule has 8 heteroatoms. The highest BCUT2D eigenvalue weighted by Gasteiger charge is 2.36. The van der Waals surface area contributed by atoms with Crippen LogP contribution in [-0.2, 0) is 26.4 Å². The number of benzene rings is 2. The molecule has 0 radical (unpaired) electrons. The van der Waals surface area contributed by atoms with E-state index in [4.69, 9.17) is 0 Å². The monoisotopic (exact) mass is 414 g/mol. The lowest BCUT2D eigenvalue weighted by molar-refractivity contribution is 0.375. The van der Waals surface area contributed by atoms with Crippen LogP contribution in [0.15, 0.2) is 83.2 Å². The molecule has 2 heterocycles. The number of para-hydroxylation sites is 1. The van der Waals surface area contributed by atoms with Crippen molar-refractivity contribution in [1.29, 1.82) is 0 Å². The zero-order valence-corrected chi connectivity index (χ0v) is 16.5. The first-order valence-electron chi connectivity index (χ1n) is 8.67. The van der Waals surface area contributed by atoms with Crippen LogP contribution in [0, 0.1) is 0 Å². The molecule has 6 nitrogen and oxygen atoms in total. The van der Waals surface area contributed by atoms with E-state index < -0.39 is 25.9 Å². The van der Waals surface area contributed by atoms with Crippen molar-refractivity contribution in [1.82, 2.24) is 9.29 Å². The maximum atomic E-state index is 13.6. The summed E-state index contributed by atoms with van der Waals surface area (Å²) in [4.78, 5) is 4.32. The summed E-state index contributed by atoms with van der Waals surface area (Å²) in [6.07, 6.45) is 2.98. The van der Waals surface area contributed by atoms with E-state index in [9.17, 15) is 16.8 Å². The van der Waals surface area contributed by atoms with Crippen molar-refractivity contribution in [2.45, 2.75) is 17.5 Å². The largest absolute Gasteiger partial charge is 0.255 e. The first-order valence-corrected chi connectivity index (χ1v) is 11.8. The van der Waals surface area contributed by atoms with Crippen LogP contribution >= 0.6 is 0 Å². The Morgan fingerprint density at radius 1 is 1.00 bits per heavy atom. The van der Waals surface area contributed by atoms with Gasteiger partial charge in [-0.25, -0.2) is 16.8 Å². The van der Waals surface area contributed by atoms with Crippen LogP contribution in [-0.4, -0.2) is 37.9 Å². The maximum absolute atomic E-state index is 13.6. The van der Waals surface area contributed by atoms with E-state index in [2.05, 4.69) is 4.98 Å². The lowest BCUT2D eigenvalue weighted by Crippen LogP contribution is -2.40. The van der Waals surface area contributed by atoms with Gasteiger partial charge in [0.15, 0.2) is 9.84 Å². The fraction of sp³-hybridized carbons (Fsp3) is 0.150. The molecule has 0 bridgehead atoms. The van der Waals surface area contributed by atoms with Crippen LogP contribution in [0.4, 0.5) is 0 Å². The van der Waals surface area contributed by atoms with E-state index in [-0.39, 0.29) is 17.2 Å². The SMILES string of the molecule is O=S1(=O)C=C[C@H](N(Cc2ccccc2)S(=O)(=O)c2cccc3cccnc23)C1. The molecule has 1 aliphatic heterocycles. The van der Waals surface area contributed by atoms with Crippen LogP contribution in [0.2, 0.25) is 0 Å². The third-order valence-electron chi connectivity index (χ3n) is 4.64. The molecule has 28 heavy (non-hydrogen) atoms. The van der Waals surface area contributed by atoms with Crippen molar-refractivity contribution in [3.63, 3.8) is 0 Å². The van der Waals surface area contributed by atoms with Crippen molar-refractivity contribution in [2.24, 2.45) is 0 Å². The van der Waals surface area contributed by atoms with E-state index in [1.165, 1.54) is 16.4 Å². The average Bonchev–Trinajstić information content (AvgIpc) is 3.05.